The van der Waals surface area contributed by atoms with E-state index in [0.717, 1.165) is 11.8 Å². The second kappa shape index (κ2) is 7.36. The highest BCUT2D eigenvalue weighted by Gasteiger charge is 2.40. The Balaban J connectivity index is 1.83. The van der Waals surface area contributed by atoms with E-state index in [4.69, 9.17) is 0 Å². The zero-order chi connectivity index (χ0) is 16.3. The van der Waals surface area contributed by atoms with Crippen molar-refractivity contribution in [3.63, 3.8) is 0 Å². The Hall–Kier alpha value is -0.860. The molecule has 0 aromatic heterocycles. The van der Waals surface area contributed by atoms with Crippen LogP contribution >= 0.6 is 0 Å². The van der Waals surface area contributed by atoms with Crippen LogP contribution in [-0.4, -0.2) is 24.2 Å². The van der Waals surface area contributed by atoms with Crippen molar-refractivity contribution >= 4 is 0 Å². The molecule has 1 N–H and O–H groups in total. The van der Waals surface area contributed by atoms with Gasteiger partial charge >= 0.3 is 0 Å². The molecule has 2 nitrogen and oxygen atoms in total. The van der Waals surface area contributed by atoms with Crippen LogP contribution < -0.4 is 5.32 Å². The molecule has 3 rings (SSSR count). The van der Waals surface area contributed by atoms with E-state index in [-0.39, 0.29) is 5.54 Å². The third-order valence-corrected chi connectivity index (χ3v) is 5.95. The first-order valence-electron chi connectivity index (χ1n) is 9.66. The summed E-state index contributed by atoms with van der Waals surface area (Å²) in [7, 11) is 0. The van der Waals surface area contributed by atoms with Crippen LogP contribution in [0.25, 0.3) is 0 Å². The number of benzene rings is 1. The lowest BCUT2D eigenvalue weighted by atomic mass is 9.68. The van der Waals surface area contributed by atoms with Gasteiger partial charge in [-0.05, 0) is 69.5 Å². The molecule has 2 fully saturated rings. The third kappa shape index (κ3) is 3.97. The van der Waals surface area contributed by atoms with Gasteiger partial charge in [0.25, 0.3) is 0 Å². The van der Waals surface area contributed by atoms with E-state index in [1.165, 1.54) is 57.2 Å². The number of nitrogens with zero attached hydrogens (tertiary/aromatic N) is 1. The van der Waals surface area contributed by atoms with Gasteiger partial charge in [0.15, 0.2) is 0 Å². The van der Waals surface area contributed by atoms with Crippen molar-refractivity contribution in [1.29, 1.82) is 0 Å². The molecule has 1 aliphatic carbocycles. The van der Waals surface area contributed by atoms with Crippen LogP contribution in [-0.2, 0) is 5.54 Å². The summed E-state index contributed by atoms with van der Waals surface area (Å²) in [4.78, 5) is 2.65. The quantitative estimate of drug-likeness (QED) is 0.862. The molecule has 3 atom stereocenters. The van der Waals surface area contributed by atoms with Crippen LogP contribution in [0.15, 0.2) is 30.3 Å². The Morgan fingerprint density at radius 3 is 2.22 bits per heavy atom. The van der Waals surface area contributed by atoms with Gasteiger partial charge in [-0.25, -0.2) is 0 Å². The summed E-state index contributed by atoms with van der Waals surface area (Å²) in [5.74, 6) is 1.58. The third-order valence-electron chi connectivity index (χ3n) is 5.95. The maximum atomic E-state index is 4.11. The minimum atomic E-state index is 0.148. The average Bonchev–Trinajstić information content (AvgIpc) is 2.55. The number of nitrogens with one attached hydrogen (secondary N) is 1. The highest BCUT2D eigenvalue weighted by Crippen LogP contribution is 2.43. The normalized spacial score (nSPS) is 34.2. The van der Waals surface area contributed by atoms with Crippen molar-refractivity contribution in [3.8, 4) is 0 Å². The molecule has 3 unspecified atom stereocenters. The summed E-state index contributed by atoms with van der Waals surface area (Å²) in [6, 6.07) is 11.2. The number of rotatable bonds is 4. The van der Waals surface area contributed by atoms with Crippen LogP contribution in [0.1, 0.15) is 64.9 Å². The maximum absolute atomic E-state index is 4.11. The maximum Gasteiger partial charge on any atom is 0.0574 e. The van der Waals surface area contributed by atoms with Crippen LogP contribution in [0, 0.1) is 11.8 Å². The molecule has 0 bridgehead atoms. The van der Waals surface area contributed by atoms with Gasteiger partial charge in [-0.1, -0.05) is 50.6 Å². The largest absolute Gasteiger partial charge is 0.292 e. The van der Waals surface area contributed by atoms with Crippen LogP contribution in [0.3, 0.4) is 0 Å². The molecular weight excluding hydrogens is 280 g/mol. The minimum Gasteiger partial charge on any atom is -0.292 e. The Morgan fingerprint density at radius 2 is 1.61 bits per heavy atom. The summed E-state index contributed by atoms with van der Waals surface area (Å²) < 4.78 is 0. The number of hydrogen-bond donors (Lipinski definition) is 1. The first-order valence-corrected chi connectivity index (χ1v) is 9.66. The first-order chi connectivity index (χ1) is 11.1. The molecule has 2 heteroatoms. The second-order valence-corrected chi connectivity index (χ2v) is 8.22. The lowest BCUT2D eigenvalue weighted by Crippen LogP contribution is -2.57. The summed E-state index contributed by atoms with van der Waals surface area (Å²) in [6.07, 6.45) is 8.48. The number of likely N-dealkylation sites (tertiary alicyclic amines) is 1. The molecule has 1 aromatic carbocycles. The molecular formula is C21H34N2. The lowest BCUT2D eigenvalue weighted by Gasteiger charge is -2.48. The number of piperidine rings is 1. The molecule has 1 heterocycles. The second-order valence-electron chi connectivity index (χ2n) is 8.22. The molecule has 2 aliphatic rings. The van der Waals surface area contributed by atoms with E-state index in [2.05, 4.69) is 61.3 Å². The summed E-state index contributed by atoms with van der Waals surface area (Å²) >= 11 is 0. The van der Waals surface area contributed by atoms with Gasteiger partial charge < -0.3 is 0 Å². The Labute approximate surface area is 142 Å². The van der Waals surface area contributed by atoms with Gasteiger partial charge in [0, 0.05) is 5.54 Å². The van der Waals surface area contributed by atoms with Crippen molar-refractivity contribution in [2.75, 3.05) is 13.1 Å². The molecule has 128 valence electrons. The predicted octanol–water partition coefficient (Wildman–Crippen LogP) is 4.76. The minimum absolute atomic E-state index is 0.148. The van der Waals surface area contributed by atoms with E-state index in [9.17, 15) is 0 Å². The molecule has 23 heavy (non-hydrogen) atoms. The van der Waals surface area contributed by atoms with E-state index in [1.807, 2.05) is 0 Å². The molecule has 1 aromatic rings. The van der Waals surface area contributed by atoms with Crippen LogP contribution in [0.5, 0.6) is 0 Å². The number of hydrogen-bond acceptors (Lipinski definition) is 2. The van der Waals surface area contributed by atoms with Crippen molar-refractivity contribution in [2.24, 2.45) is 11.8 Å². The zero-order valence-electron chi connectivity index (χ0n) is 15.2. The van der Waals surface area contributed by atoms with Gasteiger partial charge in [-0.2, -0.15) is 0 Å². The van der Waals surface area contributed by atoms with Gasteiger partial charge in [-0.15, -0.1) is 0 Å². The van der Waals surface area contributed by atoms with Crippen molar-refractivity contribution in [2.45, 2.75) is 71.0 Å². The van der Waals surface area contributed by atoms with Crippen LogP contribution in [0.4, 0.5) is 0 Å². The monoisotopic (exact) mass is 314 g/mol. The summed E-state index contributed by atoms with van der Waals surface area (Å²) in [5, 5.41) is 4.11. The fraction of sp³-hybridized carbons (Fsp3) is 0.714. The van der Waals surface area contributed by atoms with Crippen molar-refractivity contribution in [1.82, 2.24) is 10.2 Å². The van der Waals surface area contributed by atoms with Gasteiger partial charge in [0.05, 0.1) is 6.17 Å². The Kier molecular flexibility index (Phi) is 5.43. The van der Waals surface area contributed by atoms with E-state index >= 15 is 0 Å². The van der Waals surface area contributed by atoms with Crippen LogP contribution in [0.2, 0.25) is 0 Å². The smallest absolute Gasteiger partial charge is 0.0574 e. The molecule has 0 amide bonds. The van der Waals surface area contributed by atoms with Crippen molar-refractivity contribution < 1.29 is 0 Å². The SMILES string of the molecule is CC1CC(C)CC(NC(C)N2CCCCC2)(c2ccccc2)C1. The van der Waals surface area contributed by atoms with Gasteiger partial charge in [0.1, 0.15) is 0 Å². The highest BCUT2D eigenvalue weighted by molar-refractivity contribution is 5.26. The summed E-state index contributed by atoms with van der Waals surface area (Å²) in [5.41, 5.74) is 1.64. The molecule has 1 saturated heterocycles. The lowest BCUT2D eigenvalue weighted by molar-refractivity contribution is 0.0676. The van der Waals surface area contributed by atoms with E-state index in [0.29, 0.717) is 6.17 Å². The molecule has 0 spiro atoms. The Morgan fingerprint density at radius 1 is 1.00 bits per heavy atom. The average molecular weight is 315 g/mol. The topological polar surface area (TPSA) is 15.3 Å². The molecule has 1 aliphatic heterocycles. The highest BCUT2D eigenvalue weighted by atomic mass is 15.3. The molecule has 1 saturated carbocycles. The fourth-order valence-corrected chi connectivity index (χ4v) is 5.12. The predicted molar refractivity (Wildman–Crippen MR) is 98.3 cm³/mol. The molecule has 0 radical (unpaired) electrons. The first kappa shape index (κ1) is 17.0. The summed E-state index contributed by atoms with van der Waals surface area (Å²) in [6.45, 7) is 9.75. The Bertz CT molecular complexity index is 468. The fourth-order valence-electron chi connectivity index (χ4n) is 5.12. The van der Waals surface area contributed by atoms with Crippen molar-refractivity contribution in [3.05, 3.63) is 35.9 Å². The van der Waals surface area contributed by atoms with Gasteiger partial charge in [-0.3, -0.25) is 10.2 Å². The standard InChI is InChI=1S/C21H34N2/c1-17-14-18(2)16-21(15-17,20-10-6-4-7-11-20)22-19(3)23-12-8-5-9-13-23/h4,6-7,10-11,17-19,22H,5,8-9,12-16H2,1-3H3. The van der Waals surface area contributed by atoms with E-state index in [1.54, 1.807) is 0 Å². The van der Waals surface area contributed by atoms with E-state index < -0.39 is 0 Å². The zero-order valence-corrected chi connectivity index (χ0v) is 15.2. The van der Waals surface area contributed by atoms with Gasteiger partial charge in [0.2, 0.25) is 0 Å².